The highest BCUT2D eigenvalue weighted by atomic mass is 15.2. The largest absolute Gasteiger partial charge is 0.397 e. The Hall–Kier alpha value is -3.77. The van der Waals surface area contributed by atoms with Gasteiger partial charge in [0.25, 0.3) is 0 Å². The molecule has 0 spiro atoms. The number of fused-ring (bicyclic) bond motifs is 3. The van der Waals surface area contributed by atoms with Crippen LogP contribution in [0.3, 0.4) is 0 Å². The molecule has 0 unspecified atom stereocenters. The second-order valence-corrected chi connectivity index (χ2v) is 8.84. The molecule has 0 atom stereocenters. The van der Waals surface area contributed by atoms with Gasteiger partial charge in [-0.15, -0.1) is 0 Å². The van der Waals surface area contributed by atoms with E-state index in [0.29, 0.717) is 11.3 Å². The molecule has 2 aliphatic rings. The summed E-state index contributed by atoms with van der Waals surface area (Å²) in [6, 6.07) is 25.9. The molecule has 0 amide bonds. The molecule has 0 saturated carbocycles. The third kappa shape index (κ3) is 2.79. The van der Waals surface area contributed by atoms with Crippen LogP contribution in [-0.2, 0) is 11.8 Å². The first-order chi connectivity index (χ1) is 14.9. The average Bonchev–Trinajstić information content (AvgIpc) is 2.90. The zero-order valence-electron chi connectivity index (χ0n) is 17.9. The molecule has 3 heteroatoms. The Morgan fingerprint density at radius 1 is 0.935 bits per heavy atom. The normalized spacial score (nSPS) is 16.7. The maximum absolute atomic E-state index is 9.66. The first-order valence-electron chi connectivity index (χ1n) is 10.6. The summed E-state index contributed by atoms with van der Waals surface area (Å²) in [6.07, 6.45) is 1.58. The average molecular weight is 404 g/mol. The number of para-hydroxylation sites is 2. The molecular weight excluding hydrogens is 378 g/mol. The lowest BCUT2D eigenvalue weighted by molar-refractivity contribution is 0.632. The van der Waals surface area contributed by atoms with Gasteiger partial charge in [0.15, 0.2) is 0 Å². The first kappa shape index (κ1) is 19.2. The van der Waals surface area contributed by atoms with Gasteiger partial charge in [-0.05, 0) is 59.4 Å². The lowest BCUT2D eigenvalue weighted by Gasteiger charge is -2.42. The van der Waals surface area contributed by atoms with Gasteiger partial charge < -0.3 is 10.6 Å². The van der Waals surface area contributed by atoms with Gasteiger partial charge in [-0.2, -0.15) is 5.26 Å². The molecule has 3 aromatic carbocycles. The predicted octanol–water partition coefficient (Wildman–Crippen LogP) is 6.49. The zero-order chi connectivity index (χ0) is 21.8. The van der Waals surface area contributed by atoms with E-state index in [4.69, 9.17) is 5.73 Å². The van der Waals surface area contributed by atoms with Gasteiger partial charge in [0.2, 0.25) is 0 Å². The molecule has 1 aliphatic carbocycles. The Morgan fingerprint density at radius 2 is 1.55 bits per heavy atom. The van der Waals surface area contributed by atoms with E-state index in [1.54, 1.807) is 0 Å². The van der Waals surface area contributed by atoms with Crippen molar-refractivity contribution in [3.63, 3.8) is 0 Å². The number of aryl methyl sites for hydroxylation is 1. The molecule has 1 aliphatic heterocycles. The van der Waals surface area contributed by atoms with Crippen LogP contribution in [0.25, 0.3) is 5.70 Å². The molecule has 31 heavy (non-hydrogen) atoms. The van der Waals surface area contributed by atoms with E-state index in [0.717, 1.165) is 35.2 Å². The molecule has 0 saturated heterocycles. The number of nitriles is 1. The maximum Gasteiger partial charge on any atom is 0.102 e. The number of hydrogen-bond acceptors (Lipinski definition) is 3. The molecular formula is C28H25N3. The number of nitrogens with zero attached hydrogens (tertiary/aromatic N) is 2. The molecule has 152 valence electrons. The number of rotatable bonds is 1. The smallest absolute Gasteiger partial charge is 0.102 e. The van der Waals surface area contributed by atoms with E-state index >= 15 is 0 Å². The fourth-order valence-electron chi connectivity index (χ4n) is 4.99. The van der Waals surface area contributed by atoms with E-state index in [-0.39, 0.29) is 5.41 Å². The summed E-state index contributed by atoms with van der Waals surface area (Å²) >= 11 is 0. The molecule has 2 N–H and O–H groups in total. The van der Waals surface area contributed by atoms with Gasteiger partial charge in [-0.1, -0.05) is 62.9 Å². The minimum atomic E-state index is -0.0972. The SMILES string of the molecule is C=C1CCc2ccc(N3c4ccccc4C(C)(C)c4ccccc43)cc2C(N)=C1C#N. The molecule has 3 nitrogen and oxygen atoms in total. The first-order valence-corrected chi connectivity index (χ1v) is 10.6. The van der Waals surface area contributed by atoms with E-state index in [2.05, 4.69) is 98.1 Å². The standard InChI is InChI=1S/C28H25N3/c1-18-12-13-19-14-15-20(16-21(19)27(30)22(18)17-29)31-25-10-6-4-8-23(25)28(2,3)24-9-5-7-11-26(24)31/h4-11,14-16H,1,12-13,30H2,2-3H3. The topological polar surface area (TPSA) is 53.0 Å². The third-order valence-electron chi connectivity index (χ3n) is 6.71. The van der Waals surface area contributed by atoms with Crippen LogP contribution in [0.4, 0.5) is 17.1 Å². The summed E-state index contributed by atoms with van der Waals surface area (Å²) in [5.41, 5.74) is 16.3. The molecule has 0 bridgehead atoms. The van der Waals surface area contributed by atoms with Crippen LogP contribution >= 0.6 is 0 Å². The van der Waals surface area contributed by atoms with Crippen LogP contribution in [0, 0.1) is 11.3 Å². The second kappa shape index (κ2) is 6.89. The Morgan fingerprint density at radius 3 is 2.16 bits per heavy atom. The van der Waals surface area contributed by atoms with Gasteiger partial charge in [0.1, 0.15) is 6.07 Å². The minimum Gasteiger partial charge on any atom is -0.397 e. The maximum atomic E-state index is 9.66. The van der Waals surface area contributed by atoms with Crippen molar-refractivity contribution >= 4 is 22.8 Å². The van der Waals surface area contributed by atoms with Crippen molar-refractivity contribution in [1.82, 2.24) is 0 Å². The van der Waals surface area contributed by atoms with E-state index in [1.807, 2.05) is 0 Å². The second-order valence-electron chi connectivity index (χ2n) is 8.84. The summed E-state index contributed by atoms with van der Waals surface area (Å²) in [5.74, 6) is 0. The van der Waals surface area contributed by atoms with Gasteiger partial charge >= 0.3 is 0 Å². The van der Waals surface area contributed by atoms with Crippen molar-refractivity contribution in [2.75, 3.05) is 4.90 Å². The Bertz CT molecular complexity index is 1250. The van der Waals surface area contributed by atoms with Crippen LogP contribution in [0.2, 0.25) is 0 Å². The van der Waals surface area contributed by atoms with Crippen molar-refractivity contribution in [2.24, 2.45) is 5.73 Å². The monoisotopic (exact) mass is 403 g/mol. The van der Waals surface area contributed by atoms with Crippen LogP contribution in [0.5, 0.6) is 0 Å². The van der Waals surface area contributed by atoms with Crippen molar-refractivity contribution in [1.29, 1.82) is 5.26 Å². The Balaban J connectivity index is 1.77. The summed E-state index contributed by atoms with van der Waals surface area (Å²) in [5, 5.41) is 9.66. The molecule has 0 radical (unpaired) electrons. The number of anilines is 3. The molecule has 3 aromatic rings. The van der Waals surface area contributed by atoms with E-state index < -0.39 is 0 Å². The lowest BCUT2D eigenvalue weighted by Crippen LogP contribution is -2.30. The van der Waals surface area contributed by atoms with Crippen molar-refractivity contribution in [2.45, 2.75) is 32.1 Å². The van der Waals surface area contributed by atoms with Crippen molar-refractivity contribution < 1.29 is 0 Å². The summed E-state index contributed by atoms with van der Waals surface area (Å²) in [4.78, 5) is 2.31. The Labute approximate surface area is 183 Å². The summed E-state index contributed by atoms with van der Waals surface area (Å²) < 4.78 is 0. The van der Waals surface area contributed by atoms with Crippen LogP contribution in [0.15, 0.2) is 84.5 Å². The predicted molar refractivity (Wildman–Crippen MR) is 127 cm³/mol. The number of hydrogen-bond donors (Lipinski definition) is 1. The summed E-state index contributed by atoms with van der Waals surface area (Å²) in [7, 11) is 0. The minimum absolute atomic E-state index is 0.0972. The highest BCUT2D eigenvalue weighted by Crippen LogP contribution is 2.51. The van der Waals surface area contributed by atoms with Gasteiger partial charge in [-0.3, -0.25) is 0 Å². The lowest BCUT2D eigenvalue weighted by atomic mass is 9.73. The number of benzene rings is 3. The fourth-order valence-corrected chi connectivity index (χ4v) is 4.99. The zero-order valence-corrected chi connectivity index (χ0v) is 17.9. The summed E-state index contributed by atoms with van der Waals surface area (Å²) in [6.45, 7) is 8.64. The molecule has 1 heterocycles. The van der Waals surface area contributed by atoms with Crippen molar-refractivity contribution in [3.05, 3.63) is 107 Å². The molecule has 5 rings (SSSR count). The Kier molecular flexibility index (Phi) is 4.27. The quantitative estimate of drug-likeness (QED) is 0.505. The van der Waals surface area contributed by atoms with Gasteiger partial charge in [-0.25, -0.2) is 0 Å². The highest BCUT2D eigenvalue weighted by molar-refractivity contribution is 5.88. The molecule has 0 fully saturated rings. The highest BCUT2D eigenvalue weighted by Gasteiger charge is 2.36. The van der Waals surface area contributed by atoms with Crippen LogP contribution in [0.1, 0.15) is 42.5 Å². The molecule has 0 aromatic heterocycles. The van der Waals surface area contributed by atoms with Gasteiger partial charge in [0, 0.05) is 16.7 Å². The van der Waals surface area contributed by atoms with Crippen LogP contribution in [-0.4, -0.2) is 0 Å². The van der Waals surface area contributed by atoms with E-state index in [9.17, 15) is 5.26 Å². The fraction of sp³-hybridized carbons (Fsp3) is 0.179. The van der Waals surface area contributed by atoms with Crippen LogP contribution < -0.4 is 10.6 Å². The third-order valence-corrected chi connectivity index (χ3v) is 6.71. The number of allylic oxidation sites excluding steroid dienone is 2. The van der Waals surface area contributed by atoms with E-state index in [1.165, 1.54) is 22.5 Å². The van der Waals surface area contributed by atoms with Crippen molar-refractivity contribution in [3.8, 4) is 6.07 Å². The number of nitrogens with two attached hydrogens (primary N) is 1. The van der Waals surface area contributed by atoms with Gasteiger partial charge in [0.05, 0.1) is 22.6 Å².